The first-order valence-electron chi connectivity index (χ1n) is 8.56. The van der Waals surface area contributed by atoms with Crippen molar-refractivity contribution in [3.63, 3.8) is 0 Å². The topological polar surface area (TPSA) is 59.3 Å². The number of carbonyl (C=O) groups is 1. The second kappa shape index (κ2) is 8.20. The lowest BCUT2D eigenvalue weighted by Crippen LogP contribution is -2.23. The van der Waals surface area contributed by atoms with Gasteiger partial charge in [-0.25, -0.2) is 0 Å². The van der Waals surface area contributed by atoms with Crippen LogP contribution in [-0.2, 0) is 0 Å². The van der Waals surface area contributed by atoms with Gasteiger partial charge in [-0.15, -0.1) is 0 Å². The summed E-state index contributed by atoms with van der Waals surface area (Å²) in [4.78, 5) is 12.5. The molecule has 0 fully saturated rings. The number of nitrogens with zero attached hydrogens (tertiary/aromatic N) is 1. The molecule has 0 amide bonds. The van der Waals surface area contributed by atoms with Crippen molar-refractivity contribution >= 4 is 5.78 Å². The first-order chi connectivity index (χ1) is 13.1. The molecule has 0 aliphatic rings. The van der Waals surface area contributed by atoms with E-state index in [9.17, 15) is 4.79 Å². The number of hydrogen-bond donors (Lipinski definition) is 0. The Morgan fingerprint density at radius 3 is 1.89 bits per heavy atom. The molecule has 27 heavy (non-hydrogen) atoms. The van der Waals surface area contributed by atoms with Crippen LogP contribution in [0.3, 0.4) is 0 Å². The fourth-order valence-electron chi connectivity index (χ4n) is 2.71. The lowest BCUT2D eigenvalue weighted by Gasteiger charge is -2.14. The van der Waals surface area contributed by atoms with Crippen molar-refractivity contribution in [3.05, 3.63) is 83.9 Å². The van der Waals surface area contributed by atoms with Crippen LogP contribution in [0.5, 0.6) is 11.5 Å². The van der Waals surface area contributed by atoms with Gasteiger partial charge in [-0.05, 0) is 66.6 Å². The molecule has 0 aromatic heterocycles. The summed E-state index contributed by atoms with van der Waals surface area (Å²) in [6.45, 7) is 1.74. The Hall–Kier alpha value is -3.58. The summed E-state index contributed by atoms with van der Waals surface area (Å²) >= 11 is 0. The Morgan fingerprint density at radius 1 is 0.852 bits per heavy atom. The van der Waals surface area contributed by atoms with Crippen molar-refractivity contribution in [2.45, 2.75) is 13.0 Å². The van der Waals surface area contributed by atoms with Crippen LogP contribution in [0.25, 0.3) is 11.1 Å². The number of Topliss-reactive ketones (excluding diaryl/α,β-unsaturated/α-hetero) is 1. The Kier molecular flexibility index (Phi) is 5.53. The van der Waals surface area contributed by atoms with Crippen LogP contribution in [0.4, 0.5) is 0 Å². The van der Waals surface area contributed by atoms with Gasteiger partial charge in [0, 0.05) is 5.56 Å². The predicted octanol–water partition coefficient (Wildman–Crippen LogP) is 4.88. The average Bonchev–Trinajstić information content (AvgIpc) is 2.74. The maximum Gasteiger partial charge on any atom is 0.202 e. The van der Waals surface area contributed by atoms with Crippen LogP contribution >= 0.6 is 0 Å². The van der Waals surface area contributed by atoms with Crippen LogP contribution in [0, 0.1) is 11.3 Å². The molecule has 0 N–H and O–H groups in total. The molecule has 0 spiro atoms. The fraction of sp³-hybridized carbons (Fsp3) is 0.130. The Balaban J connectivity index is 1.67. The van der Waals surface area contributed by atoms with Crippen molar-refractivity contribution in [2.24, 2.45) is 0 Å². The van der Waals surface area contributed by atoms with Crippen molar-refractivity contribution in [2.75, 3.05) is 7.11 Å². The number of methoxy groups -OCH3 is 1. The highest BCUT2D eigenvalue weighted by Crippen LogP contribution is 2.24. The summed E-state index contributed by atoms with van der Waals surface area (Å²) in [7, 11) is 1.59. The second-order valence-electron chi connectivity index (χ2n) is 6.07. The Bertz CT molecular complexity index is 953. The van der Waals surface area contributed by atoms with Gasteiger partial charge < -0.3 is 9.47 Å². The number of ether oxygens (including phenoxy) is 2. The number of rotatable bonds is 6. The highest BCUT2D eigenvalue weighted by molar-refractivity contribution is 5.99. The molecule has 4 nitrogen and oxygen atoms in total. The zero-order valence-corrected chi connectivity index (χ0v) is 15.2. The van der Waals surface area contributed by atoms with Gasteiger partial charge in [0.05, 0.1) is 18.7 Å². The maximum absolute atomic E-state index is 12.5. The summed E-state index contributed by atoms with van der Waals surface area (Å²) in [6, 6.07) is 24.0. The van der Waals surface area contributed by atoms with Gasteiger partial charge in [0.2, 0.25) is 5.78 Å². The smallest absolute Gasteiger partial charge is 0.202 e. The molecule has 0 aliphatic carbocycles. The van der Waals surface area contributed by atoms with Crippen molar-refractivity contribution in [1.82, 2.24) is 0 Å². The van der Waals surface area contributed by atoms with E-state index >= 15 is 0 Å². The van der Waals surface area contributed by atoms with Crippen LogP contribution in [-0.4, -0.2) is 19.0 Å². The van der Waals surface area contributed by atoms with Gasteiger partial charge in [0.15, 0.2) is 6.10 Å². The summed E-state index contributed by atoms with van der Waals surface area (Å²) in [5.41, 5.74) is 3.24. The van der Waals surface area contributed by atoms with Gasteiger partial charge in [-0.2, -0.15) is 5.26 Å². The minimum Gasteiger partial charge on any atom is -0.497 e. The molecule has 134 valence electrons. The standard InChI is InChI=1S/C23H19NO3/c1-16(23(25)20-9-11-21(26-2)12-10-20)27-22-13-7-19(8-14-22)18-5-3-17(15-24)4-6-18/h3-14,16H,1-2H3/t16-/m0/s1. The molecule has 0 saturated heterocycles. The molecule has 0 heterocycles. The quantitative estimate of drug-likeness (QED) is 0.590. The maximum atomic E-state index is 12.5. The summed E-state index contributed by atoms with van der Waals surface area (Å²) in [5.74, 6) is 1.24. The Morgan fingerprint density at radius 2 is 1.37 bits per heavy atom. The lowest BCUT2D eigenvalue weighted by molar-refractivity contribution is 0.0818. The van der Waals surface area contributed by atoms with Crippen LogP contribution < -0.4 is 9.47 Å². The largest absolute Gasteiger partial charge is 0.497 e. The van der Waals surface area contributed by atoms with E-state index in [1.54, 1.807) is 50.4 Å². The zero-order chi connectivity index (χ0) is 19.2. The number of ketones is 1. The summed E-state index contributed by atoms with van der Waals surface area (Å²) in [6.07, 6.45) is -0.598. The zero-order valence-electron chi connectivity index (χ0n) is 15.2. The molecule has 0 saturated carbocycles. The molecule has 3 rings (SSSR count). The minimum atomic E-state index is -0.598. The second-order valence-corrected chi connectivity index (χ2v) is 6.07. The van der Waals surface area contributed by atoms with Gasteiger partial charge in [-0.1, -0.05) is 24.3 Å². The average molecular weight is 357 g/mol. The number of carbonyl (C=O) groups excluding carboxylic acids is 1. The molecule has 4 heteroatoms. The normalized spacial score (nSPS) is 11.3. The van der Waals surface area contributed by atoms with Crippen LogP contribution in [0.1, 0.15) is 22.8 Å². The molecule has 3 aromatic carbocycles. The lowest BCUT2D eigenvalue weighted by atomic mass is 10.0. The van der Waals surface area contributed by atoms with E-state index in [0.29, 0.717) is 22.6 Å². The van der Waals surface area contributed by atoms with Crippen LogP contribution in [0.15, 0.2) is 72.8 Å². The molecular weight excluding hydrogens is 338 g/mol. The third kappa shape index (κ3) is 4.34. The molecule has 0 unspecified atom stereocenters. The molecule has 1 atom stereocenters. The molecule has 0 radical (unpaired) electrons. The van der Waals surface area contributed by atoms with E-state index < -0.39 is 6.10 Å². The summed E-state index contributed by atoms with van der Waals surface area (Å²) < 4.78 is 10.9. The van der Waals surface area contributed by atoms with E-state index in [2.05, 4.69) is 6.07 Å². The van der Waals surface area contributed by atoms with Gasteiger partial charge >= 0.3 is 0 Å². The van der Waals surface area contributed by atoms with E-state index in [1.807, 2.05) is 36.4 Å². The van der Waals surface area contributed by atoms with E-state index in [-0.39, 0.29) is 5.78 Å². The van der Waals surface area contributed by atoms with Gasteiger partial charge in [-0.3, -0.25) is 4.79 Å². The monoisotopic (exact) mass is 357 g/mol. The molecule has 0 bridgehead atoms. The minimum absolute atomic E-state index is 0.0891. The first-order valence-corrected chi connectivity index (χ1v) is 8.56. The van der Waals surface area contributed by atoms with Crippen LogP contribution in [0.2, 0.25) is 0 Å². The molecular formula is C23H19NO3. The Labute approximate surface area is 158 Å². The number of nitriles is 1. The van der Waals surface area contributed by atoms with Crippen molar-refractivity contribution in [1.29, 1.82) is 5.26 Å². The fourth-order valence-corrected chi connectivity index (χ4v) is 2.71. The number of benzene rings is 3. The highest BCUT2D eigenvalue weighted by Gasteiger charge is 2.17. The van der Waals surface area contributed by atoms with E-state index in [1.165, 1.54) is 0 Å². The van der Waals surface area contributed by atoms with E-state index in [0.717, 1.165) is 11.1 Å². The highest BCUT2D eigenvalue weighted by atomic mass is 16.5. The van der Waals surface area contributed by atoms with Crippen molar-refractivity contribution < 1.29 is 14.3 Å². The first kappa shape index (κ1) is 18.2. The van der Waals surface area contributed by atoms with Crippen molar-refractivity contribution in [3.8, 4) is 28.7 Å². The molecule has 0 aliphatic heterocycles. The summed E-state index contributed by atoms with van der Waals surface area (Å²) in [5, 5.41) is 8.87. The van der Waals surface area contributed by atoms with Gasteiger partial charge in [0.1, 0.15) is 11.5 Å². The van der Waals surface area contributed by atoms with E-state index in [4.69, 9.17) is 14.7 Å². The predicted molar refractivity (Wildman–Crippen MR) is 104 cm³/mol. The third-order valence-corrected chi connectivity index (χ3v) is 4.26. The van der Waals surface area contributed by atoms with Gasteiger partial charge in [0.25, 0.3) is 0 Å². The third-order valence-electron chi connectivity index (χ3n) is 4.26. The number of hydrogen-bond acceptors (Lipinski definition) is 4. The molecule has 3 aromatic rings. The SMILES string of the molecule is COc1ccc(C(=O)[C@H](C)Oc2ccc(-c3ccc(C#N)cc3)cc2)cc1.